The fourth-order valence-corrected chi connectivity index (χ4v) is 2.57. The molecule has 0 aliphatic heterocycles. The Labute approximate surface area is 136 Å². The number of amides is 1. The summed E-state index contributed by atoms with van der Waals surface area (Å²) in [5, 5.41) is 1.93. The molecule has 5 nitrogen and oxygen atoms in total. The first-order chi connectivity index (χ1) is 11.1. The SMILES string of the molecule is NC(=O)c1cccc(OC(=O)c2ccc(-c3cscn3)cc2)c1. The van der Waals surface area contributed by atoms with Crippen molar-refractivity contribution in [2.75, 3.05) is 0 Å². The number of rotatable bonds is 4. The van der Waals surface area contributed by atoms with E-state index < -0.39 is 11.9 Å². The van der Waals surface area contributed by atoms with Gasteiger partial charge >= 0.3 is 5.97 Å². The molecule has 1 amide bonds. The van der Waals surface area contributed by atoms with E-state index >= 15 is 0 Å². The van der Waals surface area contributed by atoms with Crippen molar-refractivity contribution in [2.24, 2.45) is 5.73 Å². The number of nitrogens with two attached hydrogens (primary N) is 1. The highest BCUT2D eigenvalue weighted by atomic mass is 32.1. The number of thiazole rings is 1. The zero-order chi connectivity index (χ0) is 16.2. The highest BCUT2D eigenvalue weighted by molar-refractivity contribution is 7.07. The van der Waals surface area contributed by atoms with Gasteiger partial charge in [-0.1, -0.05) is 18.2 Å². The Kier molecular flexibility index (Phi) is 4.16. The number of nitrogens with zero attached hydrogens (tertiary/aromatic N) is 1. The van der Waals surface area contributed by atoms with E-state index in [2.05, 4.69) is 4.98 Å². The van der Waals surface area contributed by atoms with Crippen LogP contribution in [0, 0.1) is 0 Å². The quantitative estimate of drug-likeness (QED) is 0.590. The summed E-state index contributed by atoms with van der Waals surface area (Å²) in [6.07, 6.45) is 0. The highest BCUT2D eigenvalue weighted by Gasteiger charge is 2.10. The van der Waals surface area contributed by atoms with Gasteiger partial charge in [0, 0.05) is 16.5 Å². The van der Waals surface area contributed by atoms with Gasteiger partial charge in [-0.05, 0) is 30.3 Å². The van der Waals surface area contributed by atoms with Crippen LogP contribution in [0.2, 0.25) is 0 Å². The number of esters is 1. The first-order valence-electron chi connectivity index (χ1n) is 6.74. The van der Waals surface area contributed by atoms with Gasteiger partial charge in [-0.15, -0.1) is 11.3 Å². The third-order valence-corrected chi connectivity index (χ3v) is 3.76. The monoisotopic (exact) mass is 324 g/mol. The van der Waals surface area contributed by atoms with Crippen LogP contribution in [0.1, 0.15) is 20.7 Å². The number of ether oxygens (including phenoxy) is 1. The van der Waals surface area contributed by atoms with Gasteiger partial charge in [0.1, 0.15) is 5.75 Å². The smallest absolute Gasteiger partial charge is 0.343 e. The normalized spacial score (nSPS) is 10.3. The average molecular weight is 324 g/mol. The van der Waals surface area contributed by atoms with Crippen molar-refractivity contribution in [1.82, 2.24) is 4.98 Å². The zero-order valence-electron chi connectivity index (χ0n) is 11.9. The topological polar surface area (TPSA) is 82.3 Å². The van der Waals surface area contributed by atoms with E-state index in [-0.39, 0.29) is 11.3 Å². The summed E-state index contributed by atoms with van der Waals surface area (Å²) in [6, 6.07) is 13.2. The van der Waals surface area contributed by atoms with Crippen molar-refractivity contribution >= 4 is 23.2 Å². The van der Waals surface area contributed by atoms with Gasteiger partial charge in [0.25, 0.3) is 0 Å². The Bertz CT molecular complexity index is 843. The van der Waals surface area contributed by atoms with Crippen molar-refractivity contribution < 1.29 is 14.3 Å². The van der Waals surface area contributed by atoms with Gasteiger partial charge in [0.15, 0.2) is 0 Å². The Morgan fingerprint density at radius 3 is 2.48 bits per heavy atom. The van der Waals surface area contributed by atoms with Crippen molar-refractivity contribution in [1.29, 1.82) is 0 Å². The van der Waals surface area contributed by atoms with Gasteiger partial charge < -0.3 is 10.5 Å². The number of carbonyl (C=O) groups is 2. The molecule has 6 heteroatoms. The van der Waals surface area contributed by atoms with Gasteiger partial charge in [-0.25, -0.2) is 9.78 Å². The van der Waals surface area contributed by atoms with Crippen LogP contribution in [0.3, 0.4) is 0 Å². The molecular formula is C17H12N2O3S. The fraction of sp³-hybridized carbons (Fsp3) is 0. The molecule has 2 N–H and O–H groups in total. The third-order valence-electron chi connectivity index (χ3n) is 3.18. The van der Waals surface area contributed by atoms with Crippen LogP contribution in [-0.2, 0) is 0 Å². The van der Waals surface area contributed by atoms with E-state index in [9.17, 15) is 9.59 Å². The van der Waals surface area contributed by atoms with Gasteiger partial charge in [-0.3, -0.25) is 4.79 Å². The molecule has 23 heavy (non-hydrogen) atoms. The molecule has 0 aliphatic rings. The highest BCUT2D eigenvalue weighted by Crippen LogP contribution is 2.20. The lowest BCUT2D eigenvalue weighted by molar-refractivity contribution is 0.0733. The van der Waals surface area contributed by atoms with E-state index in [4.69, 9.17) is 10.5 Å². The van der Waals surface area contributed by atoms with E-state index in [1.165, 1.54) is 17.4 Å². The third kappa shape index (κ3) is 3.44. The van der Waals surface area contributed by atoms with Crippen LogP contribution in [0.25, 0.3) is 11.3 Å². The summed E-state index contributed by atoms with van der Waals surface area (Å²) < 4.78 is 5.26. The van der Waals surface area contributed by atoms with E-state index in [1.807, 2.05) is 17.5 Å². The zero-order valence-corrected chi connectivity index (χ0v) is 12.7. The molecule has 0 unspecified atom stereocenters. The Morgan fingerprint density at radius 1 is 1.04 bits per heavy atom. The maximum absolute atomic E-state index is 12.1. The molecule has 0 aliphatic carbocycles. The molecule has 0 fully saturated rings. The minimum atomic E-state index is -0.574. The van der Waals surface area contributed by atoms with Crippen LogP contribution < -0.4 is 10.5 Å². The minimum Gasteiger partial charge on any atom is -0.423 e. The van der Waals surface area contributed by atoms with E-state index in [0.717, 1.165) is 11.3 Å². The summed E-state index contributed by atoms with van der Waals surface area (Å²) >= 11 is 1.51. The maximum Gasteiger partial charge on any atom is 0.343 e. The number of carbonyl (C=O) groups excluding carboxylic acids is 2. The molecule has 0 atom stereocenters. The number of aromatic nitrogens is 1. The second-order valence-corrected chi connectivity index (χ2v) is 5.45. The van der Waals surface area contributed by atoms with Gasteiger partial charge in [0.05, 0.1) is 16.8 Å². The fourth-order valence-electron chi connectivity index (χ4n) is 2.01. The van der Waals surface area contributed by atoms with Gasteiger partial charge in [-0.2, -0.15) is 0 Å². The van der Waals surface area contributed by atoms with E-state index in [1.54, 1.807) is 35.8 Å². The summed E-state index contributed by atoms with van der Waals surface area (Å²) in [5.74, 6) is -0.804. The molecule has 0 radical (unpaired) electrons. The molecule has 3 aromatic rings. The first-order valence-corrected chi connectivity index (χ1v) is 7.68. The first kappa shape index (κ1) is 14.9. The second-order valence-electron chi connectivity index (χ2n) is 4.73. The molecule has 0 saturated carbocycles. The molecule has 1 aromatic heterocycles. The molecule has 1 heterocycles. The summed E-state index contributed by atoms with van der Waals surface area (Å²) in [5.41, 5.74) is 9.45. The number of primary amides is 1. The van der Waals surface area contributed by atoms with Crippen LogP contribution in [0.15, 0.2) is 59.4 Å². The molecule has 114 valence electrons. The lowest BCUT2D eigenvalue weighted by Gasteiger charge is -2.06. The standard InChI is InChI=1S/C17H12N2O3S/c18-16(20)13-2-1-3-14(8-13)22-17(21)12-6-4-11(5-7-12)15-9-23-10-19-15/h1-10H,(H2,18,20). The lowest BCUT2D eigenvalue weighted by atomic mass is 10.1. The molecule has 0 spiro atoms. The van der Waals surface area contributed by atoms with Crippen molar-refractivity contribution in [3.63, 3.8) is 0 Å². The maximum atomic E-state index is 12.1. The summed E-state index contributed by atoms with van der Waals surface area (Å²) in [7, 11) is 0. The van der Waals surface area contributed by atoms with Crippen molar-refractivity contribution in [3.8, 4) is 17.0 Å². The van der Waals surface area contributed by atoms with Gasteiger partial charge in [0.2, 0.25) is 5.91 Å². The molecule has 2 aromatic carbocycles. The van der Waals surface area contributed by atoms with Crippen LogP contribution in [-0.4, -0.2) is 16.9 Å². The molecular weight excluding hydrogens is 312 g/mol. The van der Waals surface area contributed by atoms with Crippen molar-refractivity contribution in [2.45, 2.75) is 0 Å². The molecule has 0 bridgehead atoms. The molecule has 0 saturated heterocycles. The lowest BCUT2D eigenvalue weighted by Crippen LogP contribution is -2.12. The minimum absolute atomic E-state index is 0.273. The van der Waals surface area contributed by atoms with Crippen LogP contribution >= 0.6 is 11.3 Å². The number of hydrogen-bond donors (Lipinski definition) is 1. The van der Waals surface area contributed by atoms with E-state index in [0.29, 0.717) is 5.56 Å². The average Bonchev–Trinajstić information content (AvgIpc) is 3.09. The predicted octanol–water partition coefficient (Wildman–Crippen LogP) is 3.13. The summed E-state index contributed by atoms with van der Waals surface area (Å²) in [4.78, 5) is 27.5. The van der Waals surface area contributed by atoms with Crippen LogP contribution in [0.4, 0.5) is 0 Å². The second kappa shape index (κ2) is 6.41. The summed E-state index contributed by atoms with van der Waals surface area (Å²) in [6.45, 7) is 0. The van der Waals surface area contributed by atoms with Crippen LogP contribution in [0.5, 0.6) is 5.75 Å². The predicted molar refractivity (Wildman–Crippen MR) is 87.5 cm³/mol. The molecule has 3 rings (SSSR count). The Balaban J connectivity index is 1.76. The Morgan fingerprint density at radius 2 is 1.83 bits per heavy atom. The largest absolute Gasteiger partial charge is 0.423 e. The number of hydrogen-bond acceptors (Lipinski definition) is 5. The Hall–Kier alpha value is -2.99. The van der Waals surface area contributed by atoms with Crippen molar-refractivity contribution in [3.05, 3.63) is 70.5 Å². The number of benzene rings is 2.